The fourth-order valence-electron chi connectivity index (χ4n) is 1.90. The summed E-state index contributed by atoms with van der Waals surface area (Å²) in [5, 5.41) is 21.1. The summed E-state index contributed by atoms with van der Waals surface area (Å²) in [5.41, 5.74) is 1.65. The summed E-state index contributed by atoms with van der Waals surface area (Å²) in [4.78, 5) is 0. The summed E-state index contributed by atoms with van der Waals surface area (Å²) in [6.07, 6.45) is 3.08. The number of hydrogen-bond donors (Lipinski definition) is 2. The largest absolute Gasteiger partial charge is 0.396 e. The van der Waals surface area contributed by atoms with Crippen LogP contribution in [0, 0.1) is 17.2 Å². The fourth-order valence-corrected chi connectivity index (χ4v) is 1.90. The third-order valence-electron chi connectivity index (χ3n) is 2.82. The molecule has 0 heterocycles. The van der Waals surface area contributed by atoms with Crippen molar-refractivity contribution in [2.45, 2.75) is 26.2 Å². The lowest BCUT2D eigenvalue weighted by atomic mass is 10.00. The molecule has 0 saturated heterocycles. The van der Waals surface area contributed by atoms with E-state index < -0.39 is 0 Å². The summed E-state index contributed by atoms with van der Waals surface area (Å²) in [6, 6.07) is 9.61. The maximum absolute atomic E-state index is 8.97. The van der Waals surface area contributed by atoms with E-state index in [0.717, 1.165) is 31.5 Å². The van der Waals surface area contributed by atoms with Gasteiger partial charge in [0.15, 0.2) is 0 Å². The van der Waals surface area contributed by atoms with Gasteiger partial charge >= 0.3 is 0 Å². The summed E-state index contributed by atoms with van der Waals surface area (Å²) in [5.74, 6) is 0.496. The van der Waals surface area contributed by atoms with Crippen LogP contribution in [0.5, 0.6) is 0 Å². The fraction of sp³-hybridized carbons (Fsp3) is 0.500. The quantitative estimate of drug-likeness (QED) is 0.760. The van der Waals surface area contributed by atoms with Crippen molar-refractivity contribution in [3.63, 3.8) is 0 Å². The van der Waals surface area contributed by atoms with Gasteiger partial charge in [0.2, 0.25) is 0 Å². The lowest BCUT2D eigenvalue weighted by Gasteiger charge is -2.16. The van der Waals surface area contributed by atoms with Gasteiger partial charge in [-0.15, -0.1) is 0 Å². The first-order valence-electron chi connectivity index (χ1n) is 6.15. The first-order valence-corrected chi connectivity index (χ1v) is 6.15. The van der Waals surface area contributed by atoms with E-state index in [-0.39, 0.29) is 6.61 Å². The van der Waals surface area contributed by atoms with E-state index in [2.05, 4.69) is 18.3 Å². The van der Waals surface area contributed by atoms with Gasteiger partial charge in [0.25, 0.3) is 0 Å². The van der Waals surface area contributed by atoms with Crippen molar-refractivity contribution in [2.75, 3.05) is 18.5 Å². The average Bonchev–Trinajstić information content (AvgIpc) is 2.37. The molecule has 0 aromatic heterocycles. The first-order chi connectivity index (χ1) is 8.30. The third-order valence-corrected chi connectivity index (χ3v) is 2.82. The van der Waals surface area contributed by atoms with Gasteiger partial charge in [0.05, 0.1) is 11.6 Å². The Hall–Kier alpha value is -1.53. The molecule has 17 heavy (non-hydrogen) atoms. The Balaban J connectivity index is 2.49. The molecular formula is C14H20N2O. The molecule has 1 unspecified atom stereocenters. The van der Waals surface area contributed by atoms with Crippen LogP contribution in [0.25, 0.3) is 0 Å². The van der Waals surface area contributed by atoms with Crippen LogP contribution in [0.1, 0.15) is 31.7 Å². The lowest BCUT2D eigenvalue weighted by molar-refractivity contribution is 0.255. The van der Waals surface area contributed by atoms with Crippen molar-refractivity contribution >= 4 is 5.69 Å². The number of nitrogens with one attached hydrogen (secondary N) is 1. The normalized spacial score (nSPS) is 11.8. The smallest absolute Gasteiger partial charge is 0.0992 e. The minimum Gasteiger partial charge on any atom is -0.396 e. The SMILES string of the molecule is CCCC(CCO)CNc1cccc(C#N)c1. The molecule has 0 radical (unpaired) electrons. The zero-order chi connectivity index (χ0) is 12.5. The minimum absolute atomic E-state index is 0.241. The number of rotatable bonds is 7. The molecule has 0 saturated carbocycles. The van der Waals surface area contributed by atoms with Gasteiger partial charge in [0.1, 0.15) is 0 Å². The molecule has 3 heteroatoms. The number of nitriles is 1. The van der Waals surface area contributed by atoms with Gasteiger partial charge < -0.3 is 10.4 Å². The monoisotopic (exact) mass is 232 g/mol. The molecule has 0 bridgehead atoms. The van der Waals surface area contributed by atoms with E-state index in [0.29, 0.717) is 11.5 Å². The van der Waals surface area contributed by atoms with E-state index >= 15 is 0 Å². The van der Waals surface area contributed by atoms with E-state index in [1.165, 1.54) is 0 Å². The van der Waals surface area contributed by atoms with E-state index in [1.807, 2.05) is 18.2 Å². The topological polar surface area (TPSA) is 56.0 Å². The molecule has 0 spiro atoms. The van der Waals surface area contributed by atoms with E-state index in [9.17, 15) is 0 Å². The van der Waals surface area contributed by atoms with Crippen molar-refractivity contribution < 1.29 is 5.11 Å². The second-order valence-corrected chi connectivity index (χ2v) is 4.24. The number of anilines is 1. The molecule has 1 aromatic carbocycles. The van der Waals surface area contributed by atoms with Gasteiger partial charge in [0, 0.05) is 18.8 Å². The standard InChI is InChI=1S/C14H20N2O/c1-2-4-12(7-8-17)11-16-14-6-3-5-13(9-14)10-15/h3,5-6,9,12,16-17H,2,4,7-8,11H2,1H3. The molecule has 0 fully saturated rings. The molecule has 0 aliphatic carbocycles. The van der Waals surface area contributed by atoms with Crippen LogP contribution in [-0.2, 0) is 0 Å². The van der Waals surface area contributed by atoms with Crippen LogP contribution in [0.15, 0.2) is 24.3 Å². The molecule has 0 aliphatic rings. The number of hydrogen-bond acceptors (Lipinski definition) is 3. The van der Waals surface area contributed by atoms with Crippen molar-refractivity contribution in [3.05, 3.63) is 29.8 Å². The van der Waals surface area contributed by atoms with Crippen LogP contribution in [-0.4, -0.2) is 18.3 Å². The number of aliphatic hydroxyl groups excluding tert-OH is 1. The number of aliphatic hydroxyl groups is 1. The first kappa shape index (κ1) is 13.5. The Morgan fingerprint density at radius 1 is 1.41 bits per heavy atom. The molecule has 2 N–H and O–H groups in total. The predicted molar refractivity (Wildman–Crippen MR) is 69.7 cm³/mol. The van der Waals surface area contributed by atoms with Gasteiger partial charge in [-0.3, -0.25) is 0 Å². The van der Waals surface area contributed by atoms with Crippen molar-refractivity contribution in [3.8, 4) is 6.07 Å². The highest BCUT2D eigenvalue weighted by atomic mass is 16.3. The third kappa shape index (κ3) is 4.88. The maximum atomic E-state index is 8.97. The molecule has 1 aromatic rings. The lowest BCUT2D eigenvalue weighted by Crippen LogP contribution is -2.15. The highest BCUT2D eigenvalue weighted by Gasteiger charge is 2.06. The van der Waals surface area contributed by atoms with E-state index in [1.54, 1.807) is 6.07 Å². The number of benzene rings is 1. The van der Waals surface area contributed by atoms with Crippen molar-refractivity contribution in [1.82, 2.24) is 0 Å². The summed E-state index contributed by atoms with van der Waals surface area (Å²) < 4.78 is 0. The molecule has 1 rings (SSSR count). The highest BCUT2D eigenvalue weighted by molar-refractivity contribution is 5.49. The molecule has 0 aliphatic heterocycles. The molecule has 92 valence electrons. The van der Waals surface area contributed by atoms with Crippen LogP contribution in [0.4, 0.5) is 5.69 Å². The van der Waals surface area contributed by atoms with Gasteiger partial charge in [-0.1, -0.05) is 19.4 Å². The average molecular weight is 232 g/mol. The molecule has 3 nitrogen and oxygen atoms in total. The Morgan fingerprint density at radius 3 is 2.88 bits per heavy atom. The molecular weight excluding hydrogens is 212 g/mol. The minimum atomic E-state index is 0.241. The zero-order valence-electron chi connectivity index (χ0n) is 10.3. The Bertz CT molecular complexity index is 365. The number of nitrogens with zero attached hydrogens (tertiary/aromatic N) is 1. The van der Waals surface area contributed by atoms with Crippen LogP contribution in [0.3, 0.4) is 0 Å². The second kappa shape index (κ2) is 7.70. The summed E-state index contributed by atoms with van der Waals surface area (Å²) in [7, 11) is 0. The Kier molecular flexibility index (Phi) is 6.13. The van der Waals surface area contributed by atoms with Crippen molar-refractivity contribution in [2.24, 2.45) is 5.92 Å². The van der Waals surface area contributed by atoms with Crippen LogP contribution < -0.4 is 5.32 Å². The van der Waals surface area contributed by atoms with Crippen LogP contribution >= 0.6 is 0 Å². The van der Waals surface area contributed by atoms with Crippen LogP contribution in [0.2, 0.25) is 0 Å². The van der Waals surface area contributed by atoms with E-state index in [4.69, 9.17) is 10.4 Å². The predicted octanol–water partition coefficient (Wildman–Crippen LogP) is 2.77. The van der Waals surface area contributed by atoms with Gasteiger partial charge in [-0.2, -0.15) is 5.26 Å². The maximum Gasteiger partial charge on any atom is 0.0992 e. The molecule has 1 atom stereocenters. The Labute approximate surface area is 103 Å². The molecule has 0 amide bonds. The Morgan fingerprint density at radius 2 is 2.24 bits per heavy atom. The van der Waals surface area contributed by atoms with Gasteiger partial charge in [-0.05, 0) is 37.0 Å². The summed E-state index contributed by atoms with van der Waals surface area (Å²) >= 11 is 0. The highest BCUT2D eigenvalue weighted by Crippen LogP contribution is 2.14. The second-order valence-electron chi connectivity index (χ2n) is 4.24. The summed E-state index contributed by atoms with van der Waals surface area (Å²) in [6.45, 7) is 3.24. The van der Waals surface area contributed by atoms with Gasteiger partial charge in [-0.25, -0.2) is 0 Å². The zero-order valence-corrected chi connectivity index (χ0v) is 10.3. The van der Waals surface area contributed by atoms with Crippen molar-refractivity contribution in [1.29, 1.82) is 5.26 Å².